The van der Waals surface area contributed by atoms with E-state index in [4.69, 9.17) is 23.2 Å². The number of piperazine rings is 1. The zero-order valence-corrected chi connectivity index (χ0v) is 17.1. The first-order valence-corrected chi connectivity index (χ1v) is 10.6. The maximum atomic E-state index is 13.0. The van der Waals surface area contributed by atoms with E-state index in [9.17, 15) is 26.4 Å². The first kappa shape index (κ1) is 21.9. The van der Waals surface area contributed by atoms with Crippen LogP contribution in [-0.2, 0) is 16.2 Å². The maximum Gasteiger partial charge on any atom is 0.416 e. The van der Waals surface area contributed by atoms with Crippen LogP contribution in [0, 0.1) is 0 Å². The number of sulfonamides is 1. The molecule has 2 aromatic carbocycles. The van der Waals surface area contributed by atoms with E-state index < -0.39 is 26.7 Å². The van der Waals surface area contributed by atoms with Crippen molar-refractivity contribution >= 4 is 39.1 Å². The Morgan fingerprint density at radius 3 is 2.07 bits per heavy atom. The number of benzene rings is 2. The summed E-state index contributed by atoms with van der Waals surface area (Å²) in [6.07, 6.45) is -4.70. The first-order valence-electron chi connectivity index (χ1n) is 8.42. The van der Waals surface area contributed by atoms with Crippen LogP contribution in [0.15, 0.2) is 47.4 Å². The molecule has 0 radical (unpaired) electrons. The summed E-state index contributed by atoms with van der Waals surface area (Å²) in [4.78, 5) is 13.4. The van der Waals surface area contributed by atoms with Gasteiger partial charge in [0.05, 0.1) is 10.6 Å². The second-order valence-corrected chi connectivity index (χ2v) is 9.10. The molecule has 1 heterocycles. The van der Waals surface area contributed by atoms with Gasteiger partial charge in [0.25, 0.3) is 5.91 Å². The standard InChI is InChI=1S/C18H15Cl2F3N2O3S/c19-14-4-1-12(2-5-14)17(26)24-7-9-25(10-8-24)29(27,28)16-11-13(18(21,22)23)3-6-15(16)20/h1-6,11H,7-10H2. The van der Waals surface area contributed by atoms with Gasteiger partial charge in [-0.25, -0.2) is 8.42 Å². The van der Waals surface area contributed by atoms with E-state index in [0.29, 0.717) is 16.7 Å². The molecule has 5 nitrogen and oxygen atoms in total. The minimum atomic E-state index is -4.70. The average molecular weight is 467 g/mol. The molecule has 0 unspecified atom stereocenters. The molecule has 0 bridgehead atoms. The van der Waals surface area contributed by atoms with Crippen LogP contribution in [0.3, 0.4) is 0 Å². The average Bonchev–Trinajstić information content (AvgIpc) is 2.67. The smallest absolute Gasteiger partial charge is 0.336 e. The second-order valence-electron chi connectivity index (χ2n) is 6.35. The Balaban J connectivity index is 1.76. The summed E-state index contributed by atoms with van der Waals surface area (Å²) in [6, 6.07) is 8.45. The van der Waals surface area contributed by atoms with Gasteiger partial charge in [-0.15, -0.1) is 0 Å². The minimum Gasteiger partial charge on any atom is -0.336 e. The Morgan fingerprint density at radius 2 is 1.52 bits per heavy atom. The topological polar surface area (TPSA) is 57.7 Å². The van der Waals surface area contributed by atoms with Crippen LogP contribution in [0.4, 0.5) is 13.2 Å². The molecule has 0 saturated carbocycles. The number of nitrogens with zero attached hydrogens (tertiary/aromatic N) is 2. The lowest BCUT2D eigenvalue weighted by Gasteiger charge is -2.34. The van der Waals surface area contributed by atoms with Crippen molar-refractivity contribution in [1.29, 1.82) is 0 Å². The molecule has 1 amide bonds. The normalized spacial score (nSPS) is 16.1. The third-order valence-electron chi connectivity index (χ3n) is 4.49. The summed E-state index contributed by atoms with van der Waals surface area (Å²) in [5.74, 6) is -0.282. The van der Waals surface area contributed by atoms with Crippen LogP contribution in [0.5, 0.6) is 0 Å². The number of halogens is 5. The lowest BCUT2D eigenvalue weighted by Crippen LogP contribution is -2.50. The number of hydrogen-bond donors (Lipinski definition) is 0. The zero-order valence-electron chi connectivity index (χ0n) is 14.8. The van der Waals surface area contributed by atoms with Crippen molar-refractivity contribution in [1.82, 2.24) is 9.21 Å². The van der Waals surface area contributed by atoms with Crippen LogP contribution in [0.25, 0.3) is 0 Å². The van der Waals surface area contributed by atoms with Crippen molar-refractivity contribution in [2.45, 2.75) is 11.1 Å². The predicted molar refractivity (Wildman–Crippen MR) is 103 cm³/mol. The van der Waals surface area contributed by atoms with Gasteiger partial charge in [-0.1, -0.05) is 23.2 Å². The third-order valence-corrected chi connectivity index (χ3v) is 7.13. The van der Waals surface area contributed by atoms with Gasteiger partial charge < -0.3 is 4.90 Å². The van der Waals surface area contributed by atoms with E-state index >= 15 is 0 Å². The van der Waals surface area contributed by atoms with Crippen LogP contribution < -0.4 is 0 Å². The highest BCUT2D eigenvalue weighted by Crippen LogP contribution is 2.34. The molecular formula is C18H15Cl2F3N2O3S. The molecular weight excluding hydrogens is 452 g/mol. The molecule has 1 fully saturated rings. The molecule has 0 aromatic heterocycles. The van der Waals surface area contributed by atoms with E-state index in [1.165, 1.54) is 4.90 Å². The lowest BCUT2D eigenvalue weighted by molar-refractivity contribution is -0.137. The van der Waals surface area contributed by atoms with Crippen molar-refractivity contribution in [3.05, 3.63) is 63.6 Å². The van der Waals surface area contributed by atoms with E-state index in [0.717, 1.165) is 16.4 Å². The summed E-state index contributed by atoms with van der Waals surface area (Å²) in [5.41, 5.74) is -0.691. The molecule has 1 aliphatic rings. The van der Waals surface area contributed by atoms with Crippen molar-refractivity contribution < 1.29 is 26.4 Å². The molecule has 156 valence electrons. The Labute approximate surface area is 175 Å². The summed E-state index contributed by atoms with van der Waals surface area (Å²) < 4.78 is 65.5. The molecule has 0 atom stereocenters. The summed E-state index contributed by atoms with van der Waals surface area (Å²) >= 11 is 11.7. The van der Waals surface area contributed by atoms with Crippen LogP contribution >= 0.6 is 23.2 Å². The van der Waals surface area contributed by atoms with E-state index in [1.54, 1.807) is 24.3 Å². The summed E-state index contributed by atoms with van der Waals surface area (Å²) in [5, 5.41) is 0.188. The maximum absolute atomic E-state index is 13.0. The van der Waals surface area contributed by atoms with Gasteiger partial charge in [-0.2, -0.15) is 17.5 Å². The minimum absolute atomic E-state index is 0.0613. The fraction of sp³-hybridized carbons (Fsp3) is 0.278. The van der Waals surface area contributed by atoms with Gasteiger partial charge in [0.1, 0.15) is 4.90 Å². The van der Waals surface area contributed by atoms with Gasteiger partial charge in [0.15, 0.2) is 0 Å². The lowest BCUT2D eigenvalue weighted by atomic mass is 10.2. The van der Waals surface area contributed by atoms with Gasteiger partial charge in [-0.05, 0) is 42.5 Å². The Bertz CT molecular complexity index is 1020. The largest absolute Gasteiger partial charge is 0.416 e. The summed E-state index contributed by atoms with van der Waals surface area (Å²) in [7, 11) is -4.25. The highest BCUT2D eigenvalue weighted by molar-refractivity contribution is 7.89. The van der Waals surface area contributed by atoms with Crippen molar-refractivity contribution in [2.24, 2.45) is 0 Å². The highest BCUT2D eigenvalue weighted by atomic mass is 35.5. The van der Waals surface area contributed by atoms with E-state index in [1.807, 2.05) is 0 Å². The second kappa shape index (κ2) is 8.14. The van der Waals surface area contributed by atoms with Crippen LogP contribution in [0.2, 0.25) is 10.0 Å². The molecule has 3 rings (SSSR count). The molecule has 11 heteroatoms. The van der Waals surface area contributed by atoms with Crippen molar-refractivity contribution in [2.75, 3.05) is 26.2 Å². The number of amides is 1. The molecule has 1 aliphatic heterocycles. The molecule has 0 N–H and O–H groups in total. The number of carbonyl (C=O) groups is 1. The Hall–Kier alpha value is -1.81. The molecule has 29 heavy (non-hydrogen) atoms. The number of alkyl halides is 3. The fourth-order valence-corrected chi connectivity index (χ4v) is 4.97. The number of hydrogen-bond acceptors (Lipinski definition) is 3. The van der Waals surface area contributed by atoms with Crippen molar-refractivity contribution in [3.63, 3.8) is 0 Å². The Morgan fingerprint density at radius 1 is 0.931 bits per heavy atom. The SMILES string of the molecule is O=C(c1ccc(Cl)cc1)N1CCN(S(=O)(=O)c2cc(C(F)(F)F)ccc2Cl)CC1. The fourth-order valence-electron chi connectivity index (χ4n) is 2.92. The number of carbonyl (C=O) groups excluding carboxylic acids is 1. The predicted octanol–water partition coefficient (Wildman–Crippen LogP) is 4.16. The Kier molecular flexibility index (Phi) is 6.14. The third kappa shape index (κ3) is 4.69. The molecule has 0 spiro atoms. The zero-order chi connectivity index (χ0) is 21.4. The highest BCUT2D eigenvalue weighted by Gasteiger charge is 2.36. The van der Waals surface area contributed by atoms with E-state index in [-0.39, 0.29) is 37.1 Å². The van der Waals surface area contributed by atoms with Gasteiger partial charge in [0.2, 0.25) is 10.0 Å². The molecule has 1 saturated heterocycles. The molecule has 0 aliphatic carbocycles. The van der Waals surface area contributed by atoms with E-state index in [2.05, 4.69) is 0 Å². The molecule has 2 aromatic rings. The summed E-state index contributed by atoms with van der Waals surface area (Å²) in [6.45, 7) is 0.0665. The number of rotatable bonds is 3. The quantitative estimate of drug-likeness (QED) is 0.682. The van der Waals surface area contributed by atoms with Gasteiger partial charge in [-0.3, -0.25) is 4.79 Å². The van der Waals surface area contributed by atoms with Crippen molar-refractivity contribution in [3.8, 4) is 0 Å². The van der Waals surface area contributed by atoms with Crippen LogP contribution in [-0.4, -0.2) is 49.7 Å². The first-order chi connectivity index (χ1) is 13.5. The monoisotopic (exact) mass is 466 g/mol. The van der Waals surface area contributed by atoms with Gasteiger partial charge in [0, 0.05) is 36.8 Å². The van der Waals surface area contributed by atoms with Crippen LogP contribution in [0.1, 0.15) is 15.9 Å². The van der Waals surface area contributed by atoms with Gasteiger partial charge >= 0.3 is 6.18 Å².